The maximum Gasteiger partial charge on any atom is 0.214 e. The van der Waals surface area contributed by atoms with Gasteiger partial charge in [-0.05, 0) is 5.92 Å². The van der Waals surface area contributed by atoms with Gasteiger partial charge in [0, 0.05) is 31.6 Å². The average molecular weight is 218 g/mol. The third-order valence-electron chi connectivity index (χ3n) is 2.96. The Morgan fingerprint density at radius 3 is 2.29 bits per heavy atom. The van der Waals surface area contributed by atoms with Gasteiger partial charge in [0.2, 0.25) is 10.0 Å². The van der Waals surface area contributed by atoms with Gasteiger partial charge in [-0.25, -0.2) is 12.7 Å². The van der Waals surface area contributed by atoms with Crippen molar-refractivity contribution in [2.45, 2.75) is 13.8 Å². The van der Waals surface area contributed by atoms with Crippen molar-refractivity contribution in [3.05, 3.63) is 0 Å². The highest BCUT2D eigenvalue weighted by molar-refractivity contribution is 7.89. The van der Waals surface area contributed by atoms with Crippen LogP contribution in [0.25, 0.3) is 0 Å². The van der Waals surface area contributed by atoms with E-state index in [-0.39, 0.29) is 11.7 Å². The molecule has 0 atom stereocenters. The lowest BCUT2D eigenvalue weighted by molar-refractivity contribution is 0.0163. The van der Waals surface area contributed by atoms with Gasteiger partial charge in [-0.2, -0.15) is 0 Å². The van der Waals surface area contributed by atoms with E-state index in [0.717, 1.165) is 26.2 Å². The summed E-state index contributed by atoms with van der Waals surface area (Å²) in [5.41, 5.74) is 0.296. The first-order chi connectivity index (χ1) is 6.44. The molecule has 2 aliphatic rings. The van der Waals surface area contributed by atoms with Crippen molar-refractivity contribution in [1.82, 2.24) is 9.62 Å². The van der Waals surface area contributed by atoms with Crippen LogP contribution in [0.4, 0.5) is 0 Å². The maximum absolute atomic E-state index is 11.8. The van der Waals surface area contributed by atoms with Crippen molar-refractivity contribution in [2.24, 2.45) is 11.3 Å². The summed E-state index contributed by atoms with van der Waals surface area (Å²) in [6.45, 7) is 7.32. The van der Waals surface area contributed by atoms with Crippen LogP contribution in [0.2, 0.25) is 0 Å². The Kier molecular flexibility index (Phi) is 2.36. The van der Waals surface area contributed by atoms with E-state index in [9.17, 15) is 8.42 Å². The molecule has 82 valence electrons. The van der Waals surface area contributed by atoms with Gasteiger partial charge in [0.1, 0.15) is 0 Å². The topological polar surface area (TPSA) is 49.4 Å². The van der Waals surface area contributed by atoms with Crippen molar-refractivity contribution >= 4 is 10.0 Å². The van der Waals surface area contributed by atoms with Crippen LogP contribution in [0, 0.1) is 11.3 Å². The Labute approximate surface area is 85.7 Å². The van der Waals surface area contributed by atoms with Crippen LogP contribution in [0.3, 0.4) is 0 Å². The number of hydrogen-bond acceptors (Lipinski definition) is 3. The number of nitrogens with zero attached hydrogens (tertiary/aromatic N) is 1. The summed E-state index contributed by atoms with van der Waals surface area (Å²) in [5.74, 6) is 0.507. The third kappa shape index (κ3) is 1.68. The van der Waals surface area contributed by atoms with Crippen molar-refractivity contribution in [1.29, 1.82) is 0 Å². The molecular weight excluding hydrogens is 200 g/mol. The second-order valence-corrected chi connectivity index (χ2v) is 7.06. The first kappa shape index (κ1) is 10.4. The molecule has 2 rings (SSSR count). The molecule has 0 unspecified atom stereocenters. The fraction of sp³-hybridized carbons (Fsp3) is 1.00. The monoisotopic (exact) mass is 218 g/mol. The van der Waals surface area contributed by atoms with E-state index in [1.807, 2.05) is 13.8 Å². The normalized spacial score (nSPS) is 26.2. The molecule has 5 heteroatoms. The van der Waals surface area contributed by atoms with Crippen molar-refractivity contribution in [2.75, 3.05) is 31.9 Å². The molecule has 2 saturated heterocycles. The minimum atomic E-state index is -2.96. The minimum absolute atomic E-state index is 0.219. The van der Waals surface area contributed by atoms with E-state index in [1.165, 1.54) is 0 Å². The molecular formula is C9H18N2O2S. The van der Waals surface area contributed by atoms with Gasteiger partial charge in [0.15, 0.2) is 0 Å². The van der Waals surface area contributed by atoms with E-state index in [0.29, 0.717) is 5.41 Å². The highest BCUT2D eigenvalue weighted by Gasteiger charge is 2.51. The second-order valence-electron chi connectivity index (χ2n) is 5.04. The van der Waals surface area contributed by atoms with Crippen molar-refractivity contribution < 1.29 is 8.42 Å². The van der Waals surface area contributed by atoms with Gasteiger partial charge in [-0.3, -0.25) is 0 Å². The second kappa shape index (κ2) is 3.18. The van der Waals surface area contributed by atoms with Crippen LogP contribution in [0.15, 0.2) is 0 Å². The Bertz CT molecular complexity index is 312. The van der Waals surface area contributed by atoms with E-state index in [1.54, 1.807) is 4.31 Å². The van der Waals surface area contributed by atoms with Crippen LogP contribution in [0.1, 0.15) is 13.8 Å². The predicted octanol–water partition coefficient (Wildman–Crippen LogP) is -0.123. The molecule has 0 bridgehead atoms. The number of rotatable bonds is 3. The van der Waals surface area contributed by atoms with E-state index in [2.05, 4.69) is 5.32 Å². The van der Waals surface area contributed by atoms with Crippen LogP contribution in [0.5, 0.6) is 0 Å². The molecule has 1 spiro atoms. The molecule has 0 amide bonds. The lowest BCUT2D eigenvalue weighted by Crippen LogP contribution is -2.72. The lowest BCUT2D eigenvalue weighted by Gasteiger charge is -2.55. The van der Waals surface area contributed by atoms with Crippen molar-refractivity contribution in [3.63, 3.8) is 0 Å². The van der Waals surface area contributed by atoms with Crippen LogP contribution >= 0.6 is 0 Å². The molecule has 14 heavy (non-hydrogen) atoms. The fourth-order valence-corrected chi connectivity index (χ4v) is 4.12. The fourth-order valence-electron chi connectivity index (χ4n) is 2.13. The summed E-state index contributed by atoms with van der Waals surface area (Å²) in [4.78, 5) is 0. The molecule has 2 heterocycles. The van der Waals surface area contributed by atoms with Gasteiger partial charge in [-0.15, -0.1) is 0 Å². The first-order valence-electron chi connectivity index (χ1n) is 5.12. The first-order valence-corrected chi connectivity index (χ1v) is 6.73. The summed E-state index contributed by atoms with van der Waals surface area (Å²) >= 11 is 0. The summed E-state index contributed by atoms with van der Waals surface area (Å²) in [6, 6.07) is 0. The maximum atomic E-state index is 11.8. The van der Waals surface area contributed by atoms with Crippen LogP contribution < -0.4 is 5.32 Å². The molecule has 1 N–H and O–H groups in total. The molecule has 2 aliphatic heterocycles. The SMILES string of the molecule is CC(C)CS(=O)(=O)N1CC2(CNC2)C1. The molecule has 4 nitrogen and oxygen atoms in total. The van der Waals surface area contributed by atoms with E-state index in [4.69, 9.17) is 0 Å². The molecule has 0 saturated carbocycles. The number of nitrogens with one attached hydrogen (secondary N) is 1. The smallest absolute Gasteiger partial charge is 0.214 e. The van der Waals surface area contributed by atoms with Crippen LogP contribution in [-0.2, 0) is 10.0 Å². The van der Waals surface area contributed by atoms with Gasteiger partial charge in [0.05, 0.1) is 5.75 Å². The average Bonchev–Trinajstić information content (AvgIpc) is 1.73. The predicted molar refractivity (Wildman–Crippen MR) is 55.5 cm³/mol. The van der Waals surface area contributed by atoms with E-state index >= 15 is 0 Å². The zero-order valence-electron chi connectivity index (χ0n) is 8.78. The molecule has 0 aromatic carbocycles. The van der Waals surface area contributed by atoms with Gasteiger partial charge >= 0.3 is 0 Å². The van der Waals surface area contributed by atoms with Crippen LogP contribution in [-0.4, -0.2) is 44.7 Å². The molecule has 0 aromatic rings. The molecule has 2 fully saturated rings. The Balaban J connectivity index is 1.91. The minimum Gasteiger partial charge on any atom is -0.315 e. The standard InChI is InChI=1S/C9H18N2O2S/c1-8(2)3-14(12,13)11-6-9(7-11)4-10-5-9/h8,10H,3-7H2,1-2H3. The lowest BCUT2D eigenvalue weighted by atomic mass is 9.76. The largest absolute Gasteiger partial charge is 0.315 e. The van der Waals surface area contributed by atoms with Gasteiger partial charge in [0.25, 0.3) is 0 Å². The summed E-state index contributed by atoms with van der Waals surface area (Å²) in [6.07, 6.45) is 0. The molecule has 0 aromatic heterocycles. The summed E-state index contributed by atoms with van der Waals surface area (Å²) in [7, 11) is -2.96. The number of hydrogen-bond donors (Lipinski definition) is 1. The summed E-state index contributed by atoms with van der Waals surface area (Å²) in [5, 5.41) is 3.20. The Morgan fingerprint density at radius 1 is 1.36 bits per heavy atom. The summed E-state index contributed by atoms with van der Waals surface area (Å²) < 4.78 is 25.1. The molecule has 0 aliphatic carbocycles. The van der Waals surface area contributed by atoms with Gasteiger partial charge < -0.3 is 5.32 Å². The highest BCUT2D eigenvalue weighted by atomic mass is 32.2. The van der Waals surface area contributed by atoms with E-state index < -0.39 is 10.0 Å². The Hall–Kier alpha value is -0.130. The number of sulfonamides is 1. The van der Waals surface area contributed by atoms with Crippen molar-refractivity contribution in [3.8, 4) is 0 Å². The molecule has 0 radical (unpaired) electrons. The zero-order chi connectivity index (χ0) is 10.4. The Morgan fingerprint density at radius 2 is 1.93 bits per heavy atom. The highest BCUT2D eigenvalue weighted by Crippen LogP contribution is 2.36. The zero-order valence-corrected chi connectivity index (χ0v) is 9.60. The quantitative estimate of drug-likeness (QED) is 0.718. The third-order valence-corrected chi connectivity index (χ3v) is 5.09. The van der Waals surface area contributed by atoms with Gasteiger partial charge in [-0.1, -0.05) is 13.8 Å².